The number of amides is 1. The molecule has 2 aromatic carbocycles. The second-order valence-corrected chi connectivity index (χ2v) is 6.06. The number of halogens is 1. The molecule has 0 aliphatic carbocycles. The zero-order valence-electron chi connectivity index (χ0n) is 11.2. The van der Waals surface area contributed by atoms with Gasteiger partial charge in [0.05, 0.1) is 12.1 Å². The van der Waals surface area contributed by atoms with Crippen LogP contribution in [0.2, 0.25) is 0 Å². The number of carbonyl (C=O) groups is 1. The van der Waals surface area contributed by atoms with Gasteiger partial charge in [-0.2, -0.15) is 0 Å². The zero-order chi connectivity index (χ0) is 14.8. The normalized spacial score (nSPS) is 15.4. The van der Waals surface area contributed by atoms with Gasteiger partial charge in [0.1, 0.15) is 18.5 Å². The van der Waals surface area contributed by atoms with Crippen LogP contribution in [-0.4, -0.2) is 24.2 Å². The molecule has 1 heterocycles. The molecule has 0 aromatic heterocycles. The van der Waals surface area contributed by atoms with E-state index in [1.807, 2.05) is 24.3 Å². The summed E-state index contributed by atoms with van der Waals surface area (Å²) in [6.07, 6.45) is -0.761. The van der Waals surface area contributed by atoms with Crippen LogP contribution >= 0.6 is 22.6 Å². The summed E-state index contributed by atoms with van der Waals surface area (Å²) in [5, 5.41) is 13.2. The Kier molecular flexibility index (Phi) is 4.12. The minimum absolute atomic E-state index is 0.167. The van der Waals surface area contributed by atoms with Crippen molar-refractivity contribution < 1.29 is 14.6 Å². The van der Waals surface area contributed by atoms with Crippen LogP contribution < -0.4 is 10.1 Å². The average Bonchev–Trinajstić information content (AvgIpc) is 2.69. The van der Waals surface area contributed by atoms with E-state index in [2.05, 4.69) is 27.9 Å². The summed E-state index contributed by atoms with van der Waals surface area (Å²) in [6, 6.07) is 12.9. The molecule has 21 heavy (non-hydrogen) atoms. The van der Waals surface area contributed by atoms with E-state index in [-0.39, 0.29) is 5.91 Å². The molecular weight excluding hydrogens is 381 g/mol. The molecule has 0 saturated carbocycles. The van der Waals surface area contributed by atoms with Crippen molar-refractivity contribution in [2.24, 2.45) is 0 Å². The van der Waals surface area contributed by atoms with Gasteiger partial charge in [0, 0.05) is 3.57 Å². The van der Waals surface area contributed by atoms with Crippen LogP contribution in [0.1, 0.15) is 27.6 Å². The first-order valence-electron chi connectivity index (χ1n) is 6.63. The second-order valence-electron chi connectivity index (χ2n) is 4.81. The number of rotatable bonds is 2. The van der Waals surface area contributed by atoms with Crippen LogP contribution in [0.3, 0.4) is 0 Å². The third-order valence-corrected chi connectivity index (χ3v) is 4.11. The molecule has 0 bridgehead atoms. The Bertz CT molecular complexity index is 670. The number of carbonyl (C=O) groups excluding carboxylic acids is 1. The number of hydrogen-bond donors (Lipinski definition) is 2. The lowest BCUT2D eigenvalue weighted by molar-refractivity contribution is 0.0957. The van der Waals surface area contributed by atoms with Crippen LogP contribution in [0.15, 0.2) is 42.5 Å². The van der Waals surface area contributed by atoms with Gasteiger partial charge < -0.3 is 15.2 Å². The highest BCUT2D eigenvalue weighted by atomic mass is 127. The smallest absolute Gasteiger partial charge is 0.255 e. The maximum atomic E-state index is 12.0. The molecule has 2 N–H and O–H groups in total. The summed E-state index contributed by atoms with van der Waals surface area (Å²) in [5.41, 5.74) is 1.94. The van der Waals surface area contributed by atoms with Gasteiger partial charge in [0.2, 0.25) is 0 Å². The average molecular weight is 395 g/mol. The van der Waals surface area contributed by atoms with E-state index in [1.54, 1.807) is 18.2 Å². The minimum atomic E-state index is -0.761. The molecule has 0 spiro atoms. The van der Waals surface area contributed by atoms with Gasteiger partial charge in [-0.15, -0.1) is 0 Å². The summed E-state index contributed by atoms with van der Waals surface area (Å²) < 4.78 is 6.62. The topological polar surface area (TPSA) is 58.6 Å². The first-order chi connectivity index (χ1) is 10.1. The number of aliphatic hydroxyl groups excluding tert-OH is 1. The minimum Gasteiger partial charge on any atom is -0.491 e. The Hall–Kier alpha value is -1.60. The third kappa shape index (κ3) is 3.03. The SMILES string of the molecule is O=C1NCCOc2ccc(C(O)c3ccc(I)cc3)cc21. The van der Waals surface area contributed by atoms with Crippen LogP contribution in [0, 0.1) is 3.57 Å². The van der Waals surface area contributed by atoms with Gasteiger partial charge in [-0.25, -0.2) is 0 Å². The molecule has 3 rings (SSSR count). The maximum absolute atomic E-state index is 12.0. The first-order valence-corrected chi connectivity index (χ1v) is 7.71. The van der Waals surface area contributed by atoms with Gasteiger partial charge >= 0.3 is 0 Å². The predicted molar refractivity (Wildman–Crippen MR) is 87.5 cm³/mol. The number of hydrogen-bond acceptors (Lipinski definition) is 3. The molecule has 1 atom stereocenters. The number of aliphatic hydroxyl groups is 1. The Morgan fingerprint density at radius 3 is 2.62 bits per heavy atom. The first kappa shape index (κ1) is 14.3. The molecule has 1 unspecified atom stereocenters. The summed E-state index contributed by atoms with van der Waals surface area (Å²) in [5.74, 6) is 0.391. The molecule has 1 amide bonds. The van der Waals surface area contributed by atoms with Gasteiger partial charge in [0.25, 0.3) is 5.91 Å². The Morgan fingerprint density at radius 2 is 1.86 bits per heavy atom. The number of nitrogens with one attached hydrogen (secondary N) is 1. The van der Waals surface area contributed by atoms with Crippen LogP contribution in [0.4, 0.5) is 0 Å². The van der Waals surface area contributed by atoms with Crippen molar-refractivity contribution in [2.75, 3.05) is 13.2 Å². The molecule has 1 aliphatic heterocycles. The lowest BCUT2D eigenvalue weighted by Gasteiger charge is -2.14. The summed E-state index contributed by atoms with van der Waals surface area (Å²) in [6.45, 7) is 0.945. The van der Waals surface area contributed by atoms with Crippen molar-refractivity contribution >= 4 is 28.5 Å². The third-order valence-electron chi connectivity index (χ3n) is 3.39. The zero-order valence-corrected chi connectivity index (χ0v) is 13.3. The van der Waals surface area contributed by atoms with Crippen molar-refractivity contribution in [1.82, 2.24) is 5.32 Å². The summed E-state index contributed by atoms with van der Waals surface area (Å²) in [7, 11) is 0. The molecule has 0 saturated heterocycles. The van der Waals surface area contributed by atoms with Crippen LogP contribution in [-0.2, 0) is 0 Å². The standard InChI is InChI=1S/C16H14INO3/c17-12-4-1-10(2-5-12)15(19)11-3-6-14-13(9-11)16(20)18-7-8-21-14/h1-6,9,15,19H,7-8H2,(H,18,20). The molecule has 5 heteroatoms. The molecule has 108 valence electrons. The fraction of sp³-hybridized carbons (Fsp3) is 0.188. The van der Waals surface area contributed by atoms with Gasteiger partial charge in [-0.1, -0.05) is 18.2 Å². The lowest BCUT2D eigenvalue weighted by atomic mass is 9.99. The van der Waals surface area contributed by atoms with Crippen molar-refractivity contribution in [3.63, 3.8) is 0 Å². The second kappa shape index (κ2) is 6.03. The molecule has 4 nitrogen and oxygen atoms in total. The molecular formula is C16H14INO3. The Labute approximate surface area is 136 Å². The lowest BCUT2D eigenvalue weighted by Crippen LogP contribution is -2.24. The van der Waals surface area contributed by atoms with Gasteiger partial charge in [0.15, 0.2) is 0 Å². The fourth-order valence-electron chi connectivity index (χ4n) is 2.28. The quantitative estimate of drug-likeness (QED) is 0.769. The molecule has 0 radical (unpaired) electrons. The Morgan fingerprint density at radius 1 is 1.14 bits per heavy atom. The van der Waals surface area contributed by atoms with E-state index >= 15 is 0 Å². The number of fused-ring (bicyclic) bond motifs is 1. The van der Waals surface area contributed by atoms with Crippen molar-refractivity contribution in [3.8, 4) is 5.75 Å². The molecule has 2 aromatic rings. The highest BCUT2D eigenvalue weighted by Crippen LogP contribution is 2.28. The van der Waals surface area contributed by atoms with E-state index in [9.17, 15) is 9.90 Å². The van der Waals surface area contributed by atoms with E-state index in [0.29, 0.717) is 30.0 Å². The van der Waals surface area contributed by atoms with E-state index in [0.717, 1.165) is 9.13 Å². The van der Waals surface area contributed by atoms with Crippen molar-refractivity contribution in [3.05, 3.63) is 62.7 Å². The Balaban J connectivity index is 1.96. The predicted octanol–water partition coefficient (Wildman–Crippen LogP) is 2.50. The highest BCUT2D eigenvalue weighted by molar-refractivity contribution is 14.1. The van der Waals surface area contributed by atoms with Gasteiger partial charge in [-0.3, -0.25) is 4.79 Å². The van der Waals surface area contributed by atoms with E-state index in [4.69, 9.17) is 4.74 Å². The summed E-state index contributed by atoms with van der Waals surface area (Å²) in [4.78, 5) is 12.0. The van der Waals surface area contributed by atoms with Crippen molar-refractivity contribution in [1.29, 1.82) is 0 Å². The van der Waals surface area contributed by atoms with E-state index < -0.39 is 6.10 Å². The van der Waals surface area contributed by atoms with E-state index in [1.165, 1.54) is 0 Å². The number of ether oxygens (including phenoxy) is 1. The van der Waals surface area contributed by atoms with Crippen LogP contribution in [0.25, 0.3) is 0 Å². The molecule has 0 fully saturated rings. The van der Waals surface area contributed by atoms with Crippen molar-refractivity contribution in [2.45, 2.75) is 6.10 Å². The monoisotopic (exact) mass is 395 g/mol. The van der Waals surface area contributed by atoms with Crippen LogP contribution in [0.5, 0.6) is 5.75 Å². The fourth-order valence-corrected chi connectivity index (χ4v) is 2.64. The number of benzene rings is 2. The molecule has 1 aliphatic rings. The van der Waals surface area contributed by atoms with Gasteiger partial charge in [-0.05, 0) is 58.0 Å². The largest absolute Gasteiger partial charge is 0.491 e. The summed E-state index contributed by atoms with van der Waals surface area (Å²) >= 11 is 2.22. The maximum Gasteiger partial charge on any atom is 0.255 e. The highest BCUT2D eigenvalue weighted by Gasteiger charge is 2.19.